The fourth-order valence-corrected chi connectivity index (χ4v) is 7.90. The number of nitrogens with zero attached hydrogens (tertiary/aromatic N) is 1. The molecule has 8 aromatic rings. The minimum atomic E-state index is -1.32. The Bertz CT molecular complexity index is 2230. The molecular weight excluding hydrogens is 565 g/mol. The SMILES string of the molecule is c1ccc(-c2ccc(-p3oc4ccccc4c4ccccc4n3-c3cc(-c4ccccc4)cc(-c4ccccc4)c3)cc2)cc1. The van der Waals surface area contributed by atoms with Crippen LogP contribution < -0.4 is 0 Å². The van der Waals surface area contributed by atoms with Crippen molar-refractivity contribution < 1.29 is 4.20 Å². The summed E-state index contributed by atoms with van der Waals surface area (Å²) in [5, 5.41) is 3.40. The Balaban J connectivity index is 1.46. The Morgan fingerprint density at radius 2 is 0.844 bits per heavy atom. The molecular formula is C42H30NOP. The second-order valence-corrected chi connectivity index (χ2v) is 12.7. The van der Waals surface area contributed by atoms with E-state index in [-0.39, 0.29) is 0 Å². The first-order valence-electron chi connectivity index (χ1n) is 15.2. The van der Waals surface area contributed by atoms with Crippen molar-refractivity contribution in [1.82, 2.24) is 4.33 Å². The molecule has 0 amide bonds. The average molecular weight is 596 g/mol. The van der Waals surface area contributed by atoms with E-state index in [1.165, 1.54) is 33.4 Å². The van der Waals surface area contributed by atoms with E-state index in [2.05, 4.69) is 186 Å². The average Bonchev–Trinajstić information content (AvgIpc) is 3.27. The predicted molar refractivity (Wildman–Crippen MR) is 191 cm³/mol. The van der Waals surface area contributed by atoms with E-state index >= 15 is 0 Å². The van der Waals surface area contributed by atoms with Gasteiger partial charge in [-0.3, -0.25) is 4.33 Å². The monoisotopic (exact) mass is 595 g/mol. The molecule has 214 valence electrons. The first-order valence-corrected chi connectivity index (χ1v) is 16.4. The highest BCUT2D eigenvalue weighted by Gasteiger charge is 2.16. The largest absolute Gasteiger partial charge is 0.429 e. The molecule has 1 atom stereocenters. The lowest BCUT2D eigenvalue weighted by molar-refractivity contribution is 0.734. The molecule has 45 heavy (non-hydrogen) atoms. The second-order valence-electron chi connectivity index (χ2n) is 11.1. The van der Waals surface area contributed by atoms with Gasteiger partial charge in [0.2, 0.25) is 0 Å². The maximum atomic E-state index is 7.12. The van der Waals surface area contributed by atoms with E-state index in [9.17, 15) is 0 Å². The third kappa shape index (κ3) is 5.27. The number of aromatic nitrogens is 1. The van der Waals surface area contributed by atoms with Gasteiger partial charge in [0.05, 0.1) is 11.2 Å². The van der Waals surface area contributed by atoms with E-state index < -0.39 is 7.93 Å². The topological polar surface area (TPSA) is 18.1 Å². The van der Waals surface area contributed by atoms with Crippen molar-refractivity contribution in [2.45, 2.75) is 0 Å². The molecule has 3 heteroatoms. The summed E-state index contributed by atoms with van der Waals surface area (Å²) in [7, 11) is -1.32. The van der Waals surface area contributed by atoms with Crippen molar-refractivity contribution in [2.24, 2.45) is 0 Å². The minimum Gasteiger partial charge on any atom is -0.429 e. The van der Waals surface area contributed by atoms with E-state index in [1.807, 2.05) is 0 Å². The third-order valence-corrected chi connectivity index (χ3v) is 10.2. The molecule has 0 saturated carbocycles. The zero-order chi connectivity index (χ0) is 30.0. The predicted octanol–water partition coefficient (Wildman–Crippen LogP) is 12.5. The van der Waals surface area contributed by atoms with Gasteiger partial charge in [-0.15, -0.1) is 0 Å². The van der Waals surface area contributed by atoms with Crippen LogP contribution in [0.5, 0.6) is 0 Å². The maximum Gasteiger partial charge on any atom is 0.158 e. The molecule has 7 aromatic carbocycles. The second kappa shape index (κ2) is 11.8. The Hall–Kier alpha value is -5.56. The molecule has 0 radical (unpaired) electrons. The van der Waals surface area contributed by atoms with Crippen LogP contribution in [0.15, 0.2) is 186 Å². The Labute approximate surface area is 264 Å². The van der Waals surface area contributed by atoms with Crippen LogP contribution in [0.3, 0.4) is 0 Å². The lowest BCUT2D eigenvalue weighted by atomic mass is 9.98. The Kier molecular flexibility index (Phi) is 7.11. The van der Waals surface area contributed by atoms with Crippen LogP contribution in [0, 0.1) is 0 Å². The molecule has 0 aliphatic rings. The fraction of sp³-hybridized carbons (Fsp3) is 0. The van der Waals surface area contributed by atoms with Gasteiger partial charge >= 0.3 is 0 Å². The van der Waals surface area contributed by atoms with Crippen molar-refractivity contribution in [3.8, 4) is 44.4 Å². The number of rotatable bonds is 5. The summed E-state index contributed by atoms with van der Waals surface area (Å²) < 4.78 is 9.55. The van der Waals surface area contributed by atoms with Gasteiger partial charge in [0, 0.05) is 16.1 Å². The summed E-state index contributed by atoms with van der Waals surface area (Å²) in [6, 6.07) is 64.7. The summed E-state index contributed by atoms with van der Waals surface area (Å²) in [5.41, 5.74) is 10.2. The smallest absolute Gasteiger partial charge is 0.158 e. The fourth-order valence-electron chi connectivity index (χ4n) is 6.04. The highest BCUT2D eigenvalue weighted by atomic mass is 31.1. The number of fused-ring (bicyclic) bond motifs is 3. The zero-order valence-electron chi connectivity index (χ0n) is 24.6. The first kappa shape index (κ1) is 27.0. The summed E-state index contributed by atoms with van der Waals surface area (Å²) in [6.45, 7) is 0. The van der Waals surface area contributed by atoms with Crippen LogP contribution >= 0.6 is 7.93 Å². The molecule has 1 aromatic heterocycles. The van der Waals surface area contributed by atoms with Crippen LogP contribution in [0.1, 0.15) is 0 Å². The summed E-state index contributed by atoms with van der Waals surface area (Å²) in [4.78, 5) is 0. The van der Waals surface area contributed by atoms with Gasteiger partial charge in [-0.1, -0.05) is 140 Å². The Morgan fingerprint density at radius 3 is 1.44 bits per heavy atom. The molecule has 0 spiro atoms. The zero-order valence-corrected chi connectivity index (χ0v) is 25.5. The van der Waals surface area contributed by atoms with Gasteiger partial charge in [-0.25, -0.2) is 0 Å². The van der Waals surface area contributed by atoms with Gasteiger partial charge in [0.1, 0.15) is 5.58 Å². The van der Waals surface area contributed by atoms with Crippen molar-refractivity contribution in [1.29, 1.82) is 0 Å². The molecule has 0 aliphatic carbocycles. The van der Waals surface area contributed by atoms with Crippen LogP contribution in [0.4, 0.5) is 0 Å². The molecule has 1 heterocycles. The number of hydrogen-bond donors (Lipinski definition) is 0. The lowest BCUT2D eigenvalue weighted by Gasteiger charge is -2.17. The standard InChI is InChI=1S/C42H30NOP/c1-4-14-31(15-5-1)34-24-26-38(27-25-34)45-43(41-22-12-10-20-39(41)40-21-11-13-23-42(40)44-45)37-29-35(32-16-6-2-7-17-32)28-36(30-37)33-18-8-3-9-19-33/h1-30H. The molecule has 2 nitrogen and oxygen atoms in total. The van der Waals surface area contributed by atoms with Crippen LogP contribution in [0.2, 0.25) is 0 Å². The van der Waals surface area contributed by atoms with Crippen molar-refractivity contribution in [2.75, 3.05) is 0 Å². The molecule has 8 rings (SSSR count). The number of benzene rings is 7. The highest BCUT2D eigenvalue weighted by Crippen LogP contribution is 2.46. The molecule has 0 saturated heterocycles. The van der Waals surface area contributed by atoms with E-state index in [4.69, 9.17) is 4.20 Å². The van der Waals surface area contributed by atoms with Gasteiger partial charge in [0.25, 0.3) is 0 Å². The van der Waals surface area contributed by atoms with Crippen molar-refractivity contribution >= 4 is 29.8 Å². The van der Waals surface area contributed by atoms with Gasteiger partial charge in [-0.2, -0.15) is 0 Å². The van der Waals surface area contributed by atoms with E-state index in [0.29, 0.717) is 0 Å². The van der Waals surface area contributed by atoms with Gasteiger partial charge in [0.15, 0.2) is 7.93 Å². The van der Waals surface area contributed by atoms with Crippen molar-refractivity contribution in [3.63, 3.8) is 0 Å². The number of para-hydroxylation sites is 2. The minimum absolute atomic E-state index is 0.896. The lowest BCUT2D eigenvalue weighted by Crippen LogP contribution is -1.96. The van der Waals surface area contributed by atoms with Gasteiger partial charge in [-0.05, 0) is 75.8 Å². The highest BCUT2D eigenvalue weighted by molar-refractivity contribution is 7.48. The van der Waals surface area contributed by atoms with Crippen LogP contribution in [-0.2, 0) is 0 Å². The first-order chi connectivity index (χ1) is 22.3. The summed E-state index contributed by atoms with van der Waals surface area (Å²) in [5.74, 6) is 0. The summed E-state index contributed by atoms with van der Waals surface area (Å²) in [6.07, 6.45) is 0. The maximum absolute atomic E-state index is 7.12. The molecule has 0 N–H and O–H groups in total. The molecule has 0 aliphatic heterocycles. The number of hydrogen-bond acceptors (Lipinski definition) is 1. The Morgan fingerprint density at radius 1 is 0.378 bits per heavy atom. The normalized spacial score (nSPS) is 11.5. The van der Waals surface area contributed by atoms with Gasteiger partial charge < -0.3 is 4.20 Å². The van der Waals surface area contributed by atoms with Crippen molar-refractivity contribution in [3.05, 3.63) is 182 Å². The van der Waals surface area contributed by atoms with Crippen LogP contribution in [-0.4, -0.2) is 4.33 Å². The quantitative estimate of drug-likeness (QED) is 0.194. The summed E-state index contributed by atoms with van der Waals surface area (Å²) >= 11 is 0. The third-order valence-electron chi connectivity index (χ3n) is 8.25. The molecule has 0 bridgehead atoms. The van der Waals surface area contributed by atoms with Crippen LogP contribution in [0.25, 0.3) is 66.2 Å². The van der Waals surface area contributed by atoms with E-state index in [1.54, 1.807) is 0 Å². The molecule has 1 unspecified atom stereocenters. The van der Waals surface area contributed by atoms with E-state index in [0.717, 1.165) is 32.9 Å². The molecule has 0 fully saturated rings.